The van der Waals surface area contributed by atoms with Crippen LogP contribution in [-0.4, -0.2) is 6.21 Å². The Bertz CT molecular complexity index is 979. The number of hydrogen-bond acceptors (Lipinski definition) is 4. The van der Waals surface area contributed by atoms with Crippen molar-refractivity contribution in [1.82, 2.24) is 5.43 Å². The van der Waals surface area contributed by atoms with Crippen molar-refractivity contribution in [3.05, 3.63) is 100 Å². The van der Waals surface area contributed by atoms with E-state index in [-0.39, 0.29) is 0 Å². The van der Waals surface area contributed by atoms with E-state index in [9.17, 15) is 5.26 Å². The number of rotatable bonds is 7. The third-order valence-electron chi connectivity index (χ3n) is 3.96. The van der Waals surface area contributed by atoms with Gasteiger partial charge in [-0.25, -0.2) is 0 Å². The van der Waals surface area contributed by atoms with Crippen LogP contribution in [0.3, 0.4) is 0 Å². The molecule has 5 heteroatoms. The number of para-hydroxylation sites is 1. The van der Waals surface area contributed by atoms with Crippen molar-refractivity contribution in [2.45, 2.75) is 13.2 Å². The van der Waals surface area contributed by atoms with Crippen LogP contribution in [0.4, 0.5) is 0 Å². The molecule has 134 valence electrons. The summed E-state index contributed by atoms with van der Waals surface area (Å²) in [6.07, 6.45) is 1.71. The van der Waals surface area contributed by atoms with E-state index in [1.165, 1.54) is 0 Å². The third-order valence-corrected chi connectivity index (χ3v) is 4.33. The van der Waals surface area contributed by atoms with E-state index in [2.05, 4.69) is 16.6 Å². The van der Waals surface area contributed by atoms with Crippen molar-refractivity contribution < 1.29 is 4.74 Å². The van der Waals surface area contributed by atoms with Gasteiger partial charge in [-0.15, -0.1) is 0 Å². The van der Waals surface area contributed by atoms with Crippen LogP contribution in [0.15, 0.2) is 77.9 Å². The molecule has 3 aromatic carbocycles. The molecular formula is C22H18ClN3O. The largest absolute Gasteiger partial charge is 0.488 e. The summed E-state index contributed by atoms with van der Waals surface area (Å²) < 4.78 is 5.91. The fourth-order valence-electron chi connectivity index (χ4n) is 2.52. The lowest BCUT2D eigenvalue weighted by atomic mass is 10.1. The Morgan fingerprint density at radius 1 is 0.963 bits per heavy atom. The molecule has 4 nitrogen and oxygen atoms in total. The summed E-state index contributed by atoms with van der Waals surface area (Å²) in [5.41, 5.74) is 6.29. The molecule has 0 unspecified atom stereocenters. The van der Waals surface area contributed by atoms with Crippen LogP contribution in [-0.2, 0) is 13.2 Å². The van der Waals surface area contributed by atoms with Crippen molar-refractivity contribution in [1.29, 1.82) is 5.26 Å². The molecule has 0 spiro atoms. The molecule has 0 aliphatic rings. The second-order valence-electron chi connectivity index (χ2n) is 5.78. The maximum Gasteiger partial charge on any atom is 0.128 e. The van der Waals surface area contributed by atoms with E-state index in [0.717, 1.165) is 16.7 Å². The predicted molar refractivity (Wildman–Crippen MR) is 108 cm³/mol. The Morgan fingerprint density at radius 3 is 2.48 bits per heavy atom. The number of nitrogens with one attached hydrogen (secondary N) is 1. The number of nitrogens with zero attached hydrogens (tertiary/aromatic N) is 2. The molecule has 0 amide bonds. The number of nitriles is 1. The number of hydrazone groups is 1. The topological polar surface area (TPSA) is 57.4 Å². The van der Waals surface area contributed by atoms with Crippen molar-refractivity contribution >= 4 is 17.8 Å². The standard InChI is InChI=1S/C22H18ClN3O/c23-21-11-5-3-8-18(21)14-25-26-15-19-9-4-6-12-22(19)27-16-20-10-2-1-7-17(20)13-24/h1-12,15,25H,14,16H2/b26-15-. The summed E-state index contributed by atoms with van der Waals surface area (Å²) in [4.78, 5) is 0. The highest BCUT2D eigenvalue weighted by atomic mass is 35.5. The zero-order valence-electron chi connectivity index (χ0n) is 14.6. The second kappa shape index (κ2) is 9.42. The van der Waals surface area contributed by atoms with Gasteiger partial charge in [-0.1, -0.05) is 60.1 Å². The molecule has 3 aromatic rings. The summed E-state index contributed by atoms with van der Waals surface area (Å²) in [6, 6.07) is 24.9. The summed E-state index contributed by atoms with van der Waals surface area (Å²) >= 11 is 6.13. The molecule has 0 aliphatic carbocycles. The smallest absolute Gasteiger partial charge is 0.128 e. The number of hydrogen-bond donors (Lipinski definition) is 1. The van der Waals surface area contributed by atoms with Gasteiger partial charge in [0.05, 0.1) is 24.4 Å². The molecule has 3 rings (SSSR count). The van der Waals surface area contributed by atoms with Gasteiger partial charge >= 0.3 is 0 Å². The molecule has 0 saturated carbocycles. The van der Waals surface area contributed by atoms with Crippen molar-refractivity contribution in [2.24, 2.45) is 5.10 Å². The molecule has 0 heterocycles. The average Bonchev–Trinajstić information content (AvgIpc) is 2.71. The minimum Gasteiger partial charge on any atom is -0.488 e. The molecule has 1 N–H and O–H groups in total. The second-order valence-corrected chi connectivity index (χ2v) is 6.19. The molecule has 0 aliphatic heterocycles. The summed E-state index contributed by atoms with van der Waals surface area (Å²) in [5, 5.41) is 14.2. The van der Waals surface area contributed by atoms with Crippen molar-refractivity contribution in [3.63, 3.8) is 0 Å². The molecule has 0 atom stereocenters. The van der Waals surface area contributed by atoms with Crippen LogP contribution in [0, 0.1) is 11.3 Å². The Morgan fingerprint density at radius 2 is 1.67 bits per heavy atom. The van der Waals surface area contributed by atoms with Gasteiger partial charge in [0.25, 0.3) is 0 Å². The minimum atomic E-state index is 0.321. The van der Waals surface area contributed by atoms with E-state index < -0.39 is 0 Å². The van der Waals surface area contributed by atoms with Gasteiger partial charge in [-0.2, -0.15) is 10.4 Å². The summed E-state index contributed by atoms with van der Waals surface area (Å²) in [5.74, 6) is 0.702. The van der Waals surface area contributed by atoms with Crippen molar-refractivity contribution in [2.75, 3.05) is 0 Å². The van der Waals surface area contributed by atoms with Gasteiger partial charge in [-0.05, 0) is 29.8 Å². The molecule has 0 saturated heterocycles. The fraction of sp³-hybridized carbons (Fsp3) is 0.0909. The van der Waals surface area contributed by atoms with Crippen LogP contribution in [0.5, 0.6) is 5.75 Å². The van der Waals surface area contributed by atoms with Crippen LogP contribution < -0.4 is 10.2 Å². The van der Waals surface area contributed by atoms with Crippen molar-refractivity contribution in [3.8, 4) is 11.8 Å². The Hall–Kier alpha value is -3.29. The first-order chi connectivity index (χ1) is 13.3. The number of ether oxygens (including phenoxy) is 1. The first-order valence-corrected chi connectivity index (χ1v) is 8.85. The fourth-order valence-corrected chi connectivity index (χ4v) is 2.72. The maximum atomic E-state index is 9.18. The Kier molecular flexibility index (Phi) is 6.45. The Labute approximate surface area is 163 Å². The highest BCUT2D eigenvalue weighted by Gasteiger charge is 2.05. The summed E-state index contributed by atoms with van der Waals surface area (Å²) in [7, 11) is 0. The highest BCUT2D eigenvalue weighted by Crippen LogP contribution is 2.19. The van der Waals surface area contributed by atoms with Crippen LogP contribution in [0.1, 0.15) is 22.3 Å². The van der Waals surface area contributed by atoms with E-state index in [0.29, 0.717) is 29.5 Å². The molecule has 27 heavy (non-hydrogen) atoms. The van der Waals surface area contributed by atoms with Gasteiger partial charge in [0.2, 0.25) is 0 Å². The van der Waals surface area contributed by atoms with E-state index in [1.807, 2.05) is 66.7 Å². The molecular weight excluding hydrogens is 358 g/mol. The quantitative estimate of drug-likeness (QED) is 0.471. The van der Waals surface area contributed by atoms with Gasteiger partial charge in [0.15, 0.2) is 0 Å². The van der Waals surface area contributed by atoms with Crippen LogP contribution in [0.2, 0.25) is 5.02 Å². The van der Waals surface area contributed by atoms with Gasteiger partial charge in [-0.3, -0.25) is 0 Å². The van der Waals surface area contributed by atoms with E-state index in [1.54, 1.807) is 12.3 Å². The monoisotopic (exact) mass is 375 g/mol. The molecule has 0 radical (unpaired) electrons. The lowest BCUT2D eigenvalue weighted by Gasteiger charge is -2.10. The zero-order valence-corrected chi connectivity index (χ0v) is 15.4. The first-order valence-electron chi connectivity index (χ1n) is 8.47. The lowest BCUT2D eigenvalue weighted by Crippen LogP contribution is -2.06. The van der Waals surface area contributed by atoms with Gasteiger partial charge < -0.3 is 10.2 Å². The minimum absolute atomic E-state index is 0.321. The maximum absolute atomic E-state index is 9.18. The lowest BCUT2D eigenvalue weighted by molar-refractivity contribution is 0.305. The normalized spacial score (nSPS) is 10.5. The predicted octanol–water partition coefficient (Wildman–Crippen LogP) is 4.91. The Balaban J connectivity index is 1.63. The molecule has 0 bridgehead atoms. The zero-order chi connectivity index (χ0) is 18.9. The number of halogens is 1. The SMILES string of the molecule is N#Cc1ccccc1COc1ccccc1/C=N\NCc1ccccc1Cl. The van der Waals surface area contributed by atoms with E-state index in [4.69, 9.17) is 16.3 Å². The van der Waals surface area contributed by atoms with Crippen LogP contribution >= 0.6 is 11.6 Å². The first kappa shape index (κ1) is 18.5. The third kappa shape index (κ3) is 5.10. The van der Waals surface area contributed by atoms with E-state index >= 15 is 0 Å². The van der Waals surface area contributed by atoms with Gasteiger partial charge in [0, 0.05) is 16.1 Å². The van der Waals surface area contributed by atoms with Crippen LogP contribution in [0.25, 0.3) is 0 Å². The molecule has 0 fully saturated rings. The molecule has 0 aromatic heterocycles. The van der Waals surface area contributed by atoms with Gasteiger partial charge in [0.1, 0.15) is 12.4 Å². The number of benzene rings is 3. The highest BCUT2D eigenvalue weighted by molar-refractivity contribution is 6.31. The summed E-state index contributed by atoms with van der Waals surface area (Å²) in [6.45, 7) is 0.858. The average molecular weight is 376 g/mol.